The second kappa shape index (κ2) is 5.40. The Bertz CT molecular complexity index is 775. The summed E-state index contributed by atoms with van der Waals surface area (Å²) in [6.07, 6.45) is 1.47. The third-order valence-electron chi connectivity index (χ3n) is 3.60. The molecule has 0 saturated carbocycles. The van der Waals surface area contributed by atoms with Crippen molar-refractivity contribution >= 4 is 21.6 Å². The molecule has 0 aliphatic heterocycles. The first-order valence-corrected chi connectivity index (χ1v) is 8.38. The molecule has 0 radical (unpaired) electrons. The summed E-state index contributed by atoms with van der Waals surface area (Å²) in [5, 5.41) is 0.649. The van der Waals surface area contributed by atoms with Crippen LogP contribution in [0.1, 0.15) is 23.6 Å². The molecule has 1 aliphatic carbocycles. The van der Waals surface area contributed by atoms with Gasteiger partial charge in [0.15, 0.2) is 0 Å². The van der Waals surface area contributed by atoms with E-state index in [1.54, 1.807) is 6.07 Å². The van der Waals surface area contributed by atoms with E-state index in [1.807, 2.05) is 12.1 Å². The van der Waals surface area contributed by atoms with Gasteiger partial charge in [-0.15, -0.1) is 0 Å². The summed E-state index contributed by atoms with van der Waals surface area (Å²) >= 11 is 5.94. The Labute approximate surface area is 127 Å². The van der Waals surface area contributed by atoms with E-state index in [0.717, 1.165) is 29.7 Å². The summed E-state index contributed by atoms with van der Waals surface area (Å²) in [7, 11) is -3.66. The Morgan fingerprint density at radius 1 is 1.14 bits per heavy atom. The van der Waals surface area contributed by atoms with Crippen LogP contribution in [0.25, 0.3) is 0 Å². The number of halogens is 2. The predicted molar refractivity (Wildman–Crippen MR) is 79.2 cm³/mol. The summed E-state index contributed by atoms with van der Waals surface area (Å²) in [6.45, 7) is 0. The van der Waals surface area contributed by atoms with Gasteiger partial charge in [-0.2, -0.15) is 0 Å². The molecule has 1 aliphatic rings. The lowest BCUT2D eigenvalue weighted by Gasteiger charge is -2.14. The van der Waals surface area contributed by atoms with Gasteiger partial charge in [-0.25, -0.2) is 17.5 Å². The molecule has 0 amide bonds. The van der Waals surface area contributed by atoms with Crippen molar-refractivity contribution in [3.8, 4) is 0 Å². The summed E-state index contributed by atoms with van der Waals surface area (Å²) in [5.41, 5.74) is 2.01. The van der Waals surface area contributed by atoms with Crippen molar-refractivity contribution in [3.05, 3.63) is 64.4 Å². The molecular weight excluding hydrogens is 313 g/mol. The lowest BCUT2D eigenvalue weighted by Crippen LogP contribution is -2.27. The molecule has 0 saturated heterocycles. The highest BCUT2D eigenvalue weighted by Crippen LogP contribution is 2.33. The zero-order valence-electron chi connectivity index (χ0n) is 11.0. The van der Waals surface area contributed by atoms with Gasteiger partial charge in [0.05, 0.1) is 4.90 Å². The minimum atomic E-state index is -3.66. The molecule has 2 aromatic carbocycles. The van der Waals surface area contributed by atoms with Gasteiger partial charge in [0.25, 0.3) is 0 Å². The molecule has 3 nitrogen and oxygen atoms in total. The summed E-state index contributed by atoms with van der Waals surface area (Å²) in [4.78, 5) is 0.0614. The number of rotatable bonds is 3. The molecule has 0 spiro atoms. The van der Waals surface area contributed by atoms with E-state index in [4.69, 9.17) is 11.6 Å². The molecule has 2 aromatic rings. The maximum atomic E-state index is 12.9. The van der Waals surface area contributed by atoms with Crippen LogP contribution in [0.5, 0.6) is 0 Å². The SMILES string of the molecule is O=S(=O)(NC1CCc2cc(Cl)ccc21)c1ccc(F)cc1. The van der Waals surface area contributed by atoms with Crippen molar-refractivity contribution in [1.29, 1.82) is 0 Å². The van der Waals surface area contributed by atoms with Gasteiger partial charge in [0.2, 0.25) is 10.0 Å². The third-order valence-corrected chi connectivity index (χ3v) is 5.33. The Balaban J connectivity index is 1.86. The number of hydrogen-bond acceptors (Lipinski definition) is 2. The van der Waals surface area contributed by atoms with Crippen LogP contribution in [0.4, 0.5) is 4.39 Å². The molecule has 110 valence electrons. The predicted octanol–water partition coefficient (Wildman–Crippen LogP) is 3.44. The topological polar surface area (TPSA) is 46.2 Å². The van der Waals surface area contributed by atoms with E-state index in [1.165, 1.54) is 12.1 Å². The fraction of sp³-hybridized carbons (Fsp3) is 0.200. The van der Waals surface area contributed by atoms with Crippen LogP contribution in [-0.4, -0.2) is 8.42 Å². The maximum absolute atomic E-state index is 12.9. The molecule has 1 unspecified atom stereocenters. The van der Waals surface area contributed by atoms with Crippen LogP contribution >= 0.6 is 11.6 Å². The first kappa shape index (κ1) is 14.5. The molecule has 0 aromatic heterocycles. The number of nitrogens with one attached hydrogen (secondary N) is 1. The number of sulfonamides is 1. The third kappa shape index (κ3) is 2.95. The molecule has 1 atom stereocenters. The smallest absolute Gasteiger partial charge is 0.207 e. The van der Waals surface area contributed by atoms with E-state index in [9.17, 15) is 12.8 Å². The molecule has 1 N–H and O–H groups in total. The van der Waals surface area contributed by atoms with Crippen LogP contribution in [0.2, 0.25) is 5.02 Å². The number of hydrogen-bond donors (Lipinski definition) is 1. The largest absolute Gasteiger partial charge is 0.241 e. The average molecular weight is 326 g/mol. The highest BCUT2D eigenvalue weighted by atomic mass is 35.5. The fourth-order valence-electron chi connectivity index (χ4n) is 2.58. The zero-order valence-corrected chi connectivity index (χ0v) is 12.6. The Morgan fingerprint density at radius 2 is 1.86 bits per heavy atom. The van der Waals surface area contributed by atoms with Gasteiger partial charge in [0, 0.05) is 11.1 Å². The zero-order chi connectivity index (χ0) is 15.0. The number of aryl methyl sites for hydroxylation is 1. The number of benzene rings is 2. The Morgan fingerprint density at radius 3 is 2.57 bits per heavy atom. The van der Waals surface area contributed by atoms with Crippen molar-refractivity contribution < 1.29 is 12.8 Å². The summed E-state index contributed by atoms with van der Waals surface area (Å²) in [6, 6.07) is 9.99. The average Bonchev–Trinajstić information content (AvgIpc) is 2.81. The monoisotopic (exact) mass is 325 g/mol. The highest BCUT2D eigenvalue weighted by molar-refractivity contribution is 7.89. The minimum Gasteiger partial charge on any atom is -0.207 e. The van der Waals surface area contributed by atoms with Crippen LogP contribution < -0.4 is 4.72 Å². The standard InChI is InChI=1S/C15H13ClFNO2S/c16-11-2-7-14-10(9-11)1-8-15(14)18-21(19,20)13-5-3-12(17)4-6-13/h2-7,9,15,18H,1,8H2. The molecule has 0 fully saturated rings. The Hall–Kier alpha value is -1.43. The summed E-state index contributed by atoms with van der Waals surface area (Å²) < 4.78 is 40.2. The molecule has 0 heterocycles. The van der Waals surface area contributed by atoms with Crippen molar-refractivity contribution in [3.63, 3.8) is 0 Å². The van der Waals surface area contributed by atoms with E-state index < -0.39 is 15.8 Å². The second-order valence-corrected chi connectivity index (χ2v) is 7.16. The highest BCUT2D eigenvalue weighted by Gasteiger charge is 2.27. The van der Waals surface area contributed by atoms with Crippen molar-refractivity contribution in [2.75, 3.05) is 0 Å². The van der Waals surface area contributed by atoms with Gasteiger partial charge >= 0.3 is 0 Å². The van der Waals surface area contributed by atoms with Crippen LogP contribution in [-0.2, 0) is 16.4 Å². The Kier molecular flexibility index (Phi) is 3.73. The molecular formula is C15H13ClFNO2S. The molecule has 3 rings (SSSR count). The quantitative estimate of drug-likeness (QED) is 0.939. The minimum absolute atomic E-state index is 0.0614. The molecule has 6 heteroatoms. The number of fused-ring (bicyclic) bond motifs is 1. The first-order chi connectivity index (χ1) is 9.95. The van der Waals surface area contributed by atoms with Gasteiger partial charge in [0.1, 0.15) is 5.82 Å². The van der Waals surface area contributed by atoms with E-state index >= 15 is 0 Å². The van der Waals surface area contributed by atoms with Gasteiger partial charge < -0.3 is 0 Å². The van der Waals surface area contributed by atoms with Crippen molar-refractivity contribution in [1.82, 2.24) is 4.72 Å². The van der Waals surface area contributed by atoms with Crippen LogP contribution in [0, 0.1) is 5.82 Å². The van der Waals surface area contributed by atoms with Crippen molar-refractivity contribution in [2.24, 2.45) is 0 Å². The lowest BCUT2D eigenvalue weighted by molar-refractivity contribution is 0.554. The maximum Gasteiger partial charge on any atom is 0.241 e. The second-order valence-electron chi connectivity index (χ2n) is 5.01. The first-order valence-electron chi connectivity index (χ1n) is 6.52. The molecule has 0 bridgehead atoms. The normalized spacial score (nSPS) is 17.7. The lowest BCUT2D eigenvalue weighted by atomic mass is 10.1. The van der Waals surface area contributed by atoms with Gasteiger partial charge in [-0.05, 0) is 60.4 Å². The van der Waals surface area contributed by atoms with Gasteiger partial charge in [-0.3, -0.25) is 0 Å². The van der Waals surface area contributed by atoms with Crippen molar-refractivity contribution in [2.45, 2.75) is 23.8 Å². The molecule has 21 heavy (non-hydrogen) atoms. The van der Waals surface area contributed by atoms with E-state index in [2.05, 4.69) is 4.72 Å². The van der Waals surface area contributed by atoms with Crippen LogP contribution in [0.3, 0.4) is 0 Å². The van der Waals surface area contributed by atoms with E-state index in [0.29, 0.717) is 11.4 Å². The fourth-order valence-corrected chi connectivity index (χ4v) is 4.02. The van der Waals surface area contributed by atoms with E-state index in [-0.39, 0.29) is 10.9 Å². The summed E-state index contributed by atoms with van der Waals surface area (Å²) in [5.74, 6) is -0.463. The van der Waals surface area contributed by atoms with Crippen LogP contribution in [0.15, 0.2) is 47.4 Å². The van der Waals surface area contributed by atoms with Gasteiger partial charge in [-0.1, -0.05) is 17.7 Å².